The molecule has 6 heteroatoms. The van der Waals surface area contributed by atoms with E-state index >= 15 is 0 Å². The number of ether oxygens (including phenoxy) is 1. The molecule has 0 saturated heterocycles. The number of aryl methyl sites for hydroxylation is 1. The molecule has 1 aliphatic rings. The lowest BCUT2D eigenvalue weighted by Crippen LogP contribution is -2.22. The number of aromatic nitrogens is 3. The Hall–Kier alpha value is -2.60. The third-order valence-corrected chi connectivity index (χ3v) is 6.29. The summed E-state index contributed by atoms with van der Waals surface area (Å²) in [7, 11) is 0. The summed E-state index contributed by atoms with van der Waals surface area (Å²) in [6, 6.07) is 18.5. The first-order valence-electron chi connectivity index (χ1n) is 10.6. The van der Waals surface area contributed by atoms with E-state index in [-0.39, 0.29) is 17.8 Å². The van der Waals surface area contributed by atoms with Crippen molar-refractivity contribution in [1.29, 1.82) is 0 Å². The van der Waals surface area contributed by atoms with Crippen molar-refractivity contribution >= 4 is 17.7 Å². The van der Waals surface area contributed by atoms with Crippen LogP contribution in [0, 0.1) is 6.92 Å². The van der Waals surface area contributed by atoms with Gasteiger partial charge in [-0.25, -0.2) is 0 Å². The van der Waals surface area contributed by atoms with Crippen LogP contribution in [0.1, 0.15) is 43.2 Å². The van der Waals surface area contributed by atoms with E-state index in [2.05, 4.69) is 46.0 Å². The van der Waals surface area contributed by atoms with Gasteiger partial charge in [0.25, 0.3) is 0 Å². The number of esters is 1. The number of nitrogens with zero attached hydrogens (tertiary/aromatic N) is 3. The minimum Gasteiger partial charge on any atom is -0.462 e. The zero-order valence-electron chi connectivity index (χ0n) is 17.3. The zero-order chi connectivity index (χ0) is 20.8. The molecule has 0 unspecified atom stereocenters. The number of benzene rings is 2. The minimum absolute atomic E-state index is 0.0805. The van der Waals surface area contributed by atoms with Gasteiger partial charge in [-0.15, -0.1) is 10.2 Å². The van der Waals surface area contributed by atoms with Gasteiger partial charge in [0.2, 0.25) is 0 Å². The number of rotatable bonds is 7. The molecule has 0 bridgehead atoms. The summed E-state index contributed by atoms with van der Waals surface area (Å²) >= 11 is 1.40. The highest BCUT2D eigenvalue weighted by Gasteiger charge is 2.20. The van der Waals surface area contributed by atoms with Crippen molar-refractivity contribution in [3.8, 4) is 11.4 Å². The summed E-state index contributed by atoms with van der Waals surface area (Å²) in [4.78, 5) is 12.4. The van der Waals surface area contributed by atoms with Crippen LogP contribution in [0.15, 0.2) is 59.8 Å². The molecule has 3 aromatic rings. The molecule has 1 aliphatic carbocycles. The highest BCUT2D eigenvalue weighted by atomic mass is 32.2. The van der Waals surface area contributed by atoms with Crippen LogP contribution in [0.25, 0.3) is 11.4 Å². The van der Waals surface area contributed by atoms with Gasteiger partial charge in [-0.3, -0.25) is 9.36 Å². The first-order chi connectivity index (χ1) is 14.7. The Kier molecular flexibility index (Phi) is 6.84. The second-order valence-corrected chi connectivity index (χ2v) is 8.73. The molecule has 0 atom stereocenters. The van der Waals surface area contributed by atoms with Gasteiger partial charge in [0, 0.05) is 5.56 Å². The van der Waals surface area contributed by atoms with Crippen LogP contribution >= 0.6 is 11.8 Å². The van der Waals surface area contributed by atoms with E-state index < -0.39 is 0 Å². The van der Waals surface area contributed by atoms with Gasteiger partial charge in [-0.1, -0.05) is 72.3 Å². The molecule has 1 aromatic heterocycles. The SMILES string of the molecule is Cc1cccc(-c2nnc(SCC(=O)OC3CCCCC3)n2Cc2ccccc2)c1. The van der Waals surface area contributed by atoms with Crippen molar-refractivity contribution in [3.05, 3.63) is 65.7 Å². The maximum absolute atomic E-state index is 12.4. The highest BCUT2D eigenvalue weighted by Crippen LogP contribution is 2.27. The van der Waals surface area contributed by atoms with Crippen LogP contribution in [0.4, 0.5) is 0 Å². The minimum atomic E-state index is -0.168. The van der Waals surface area contributed by atoms with Gasteiger partial charge in [-0.05, 0) is 44.2 Å². The van der Waals surface area contributed by atoms with E-state index in [1.165, 1.54) is 23.7 Å². The third kappa shape index (κ3) is 5.30. The molecule has 0 spiro atoms. The van der Waals surface area contributed by atoms with E-state index in [1.807, 2.05) is 30.3 Å². The topological polar surface area (TPSA) is 57.0 Å². The first kappa shape index (κ1) is 20.7. The van der Waals surface area contributed by atoms with E-state index in [0.29, 0.717) is 6.54 Å². The van der Waals surface area contributed by atoms with Crippen molar-refractivity contribution in [3.63, 3.8) is 0 Å². The Labute approximate surface area is 181 Å². The Morgan fingerprint density at radius 2 is 1.87 bits per heavy atom. The van der Waals surface area contributed by atoms with Gasteiger partial charge in [-0.2, -0.15) is 0 Å². The molecule has 156 valence electrons. The summed E-state index contributed by atoms with van der Waals surface area (Å²) in [6.07, 6.45) is 5.59. The highest BCUT2D eigenvalue weighted by molar-refractivity contribution is 7.99. The van der Waals surface area contributed by atoms with Gasteiger partial charge in [0.05, 0.1) is 12.3 Å². The molecule has 5 nitrogen and oxygen atoms in total. The van der Waals surface area contributed by atoms with E-state index in [9.17, 15) is 4.79 Å². The van der Waals surface area contributed by atoms with Crippen molar-refractivity contribution in [2.75, 3.05) is 5.75 Å². The van der Waals surface area contributed by atoms with Gasteiger partial charge < -0.3 is 4.74 Å². The van der Waals surface area contributed by atoms with E-state index in [1.54, 1.807) is 0 Å². The van der Waals surface area contributed by atoms with Crippen LogP contribution < -0.4 is 0 Å². The van der Waals surface area contributed by atoms with E-state index in [0.717, 1.165) is 47.8 Å². The van der Waals surface area contributed by atoms with Gasteiger partial charge in [0.15, 0.2) is 11.0 Å². The summed E-state index contributed by atoms with van der Waals surface area (Å²) < 4.78 is 7.75. The molecule has 1 saturated carbocycles. The molecule has 1 fully saturated rings. The van der Waals surface area contributed by atoms with Crippen molar-refractivity contribution in [2.45, 2.75) is 56.8 Å². The number of carbonyl (C=O) groups is 1. The number of hydrogen-bond donors (Lipinski definition) is 0. The monoisotopic (exact) mass is 421 g/mol. The molecule has 0 radical (unpaired) electrons. The van der Waals surface area contributed by atoms with Crippen molar-refractivity contribution in [1.82, 2.24) is 14.8 Å². The van der Waals surface area contributed by atoms with Crippen molar-refractivity contribution in [2.24, 2.45) is 0 Å². The predicted molar refractivity (Wildman–Crippen MR) is 119 cm³/mol. The molecule has 0 N–H and O–H groups in total. The standard InChI is InChI=1S/C24H27N3O2S/c1-18-9-8-12-20(15-18)23-25-26-24(27(23)16-19-10-4-2-5-11-19)30-17-22(28)29-21-13-6-3-7-14-21/h2,4-5,8-12,15,21H,3,6-7,13-14,16-17H2,1H3. The largest absolute Gasteiger partial charge is 0.462 e. The predicted octanol–water partition coefficient (Wildman–Crippen LogP) is 5.27. The molecule has 0 aliphatic heterocycles. The average Bonchev–Trinajstić information content (AvgIpc) is 3.16. The lowest BCUT2D eigenvalue weighted by molar-refractivity contribution is -0.147. The molecular weight excluding hydrogens is 394 g/mol. The Balaban J connectivity index is 1.52. The maximum atomic E-state index is 12.4. The maximum Gasteiger partial charge on any atom is 0.316 e. The fraction of sp³-hybridized carbons (Fsp3) is 0.375. The lowest BCUT2D eigenvalue weighted by atomic mass is 9.98. The summed E-state index contributed by atoms with van der Waals surface area (Å²) in [5.74, 6) is 0.890. The summed E-state index contributed by atoms with van der Waals surface area (Å²) in [5, 5.41) is 9.59. The summed E-state index contributed by atoms with van der Waals surface area (Å²) in [5.41, 5.74) is 3.36. The van der Waals surface area contributed by atoms with Crippen LogP contribution in [-0.4, -0.2) is 32.6 Å². The molecule has 0 amide bonds. The van der Waals surface area contributed by atoms with Gasteiger partial charge >= 0.3 is 5.97 Å². The smallest absolute Gasteiger partial charge is 0.316 e. The summed E-state index contributed by atoms with van der Waals surface area (Å²) in [6.45, 7) is 2.72. The van der Waals surface area contributed by atoms with Gasteiger partial charge in [0.1, 0.15) is 6.10 Å². The van der Waals surface area contributed by atoms with Crippen molar-refractivity contribution < 1.29 is 9.53 Å². The molecule has 2 aromatic carbocycles. The fourth-order valence-electron chi connectivity index (χ4n) is 3.83. The number of thioether (sulfide) groups is 1. The van der Waals surface area contributed by atoms with Crippen LogP contribution in [0.3, 0.4) is 0 Å². The normalized spacial score (nSPS) is 14.6. The van der Waals surface area contributed by atoms with Crippen LogP contribution in [0.2, 0.25) is 0 Å². The van der Waals surface area contributed by atoms with Crippen LogP contribution in [0.5, 0.6) is 0 Å². The first-order valence-corrected chi connectivity index (χ1v) is 11.5. The van der Waals surface area contributed by atoms with E-state index in [4.69, 9.17) is 4.74 Å². The second kappa shape index (κ2) is 9.94. The average molecular weight is 422 g/mol. The Morgan fingerprint density at radius 3 is 2.63 bits per heavy atom. The zero-order valence-corrected chi connectivity index (χ0v) is 18.1. The molecule has 4 rings (SSSR count). The third-order valence-electron chi connectivity index (χ3n) is 5.35. The quantitative estimate of drug-likeness (QED) is 0.384. The Morgan fingerprint density at radius 1 is 1.07 bits per heavy atom. The fourth-order valence-corrected chi connectivity index (χ4v) is 4.55. The number of carbonyl (C=O) groups excluding carboxylic acids is 1. The number of hydrogen-bond acceptors (Lipinski definition) is 5. The molecule has 30 heavy (non-hydrogen) atoms. The van der Waals surface area contributed by atoms with Crippen LogP contribution in [-0.2, 0) is 16.1 Å². The second-order valence-electron chi connectivity index (χ2n) is 7.79. The molecular formula is C24H27N3O2S. The lowest BCUT2D eigenvalue weighted by Gasteiger charge is -2.21. The Bertz CT molecular complexity index is 981. The molecule has 1 heterocycles.